The highest BCUT2D eigenvalue weighted by atomic mass is 16.4. The van der Waals surface area contributed by atoms with E-state index in [1.165, 1.54) is 0 Å². The van der Waals surface area contributed by atoms with Gasteiger partial charge in [-0.2, -0.15) is 0 Å². The summed E-state index contributed by atoms with van der Waals surface area (Å²) in [6.07, 6.45) is 0.523. The zero-order valence-electron chi connectivity index (χ0n) is 7.34. The van der Waals surface area contributed by atoms with Crippen molar-refractivity contribution in [3.63, 3.8) is 0 Å². The third-order valence-corrected chi connectivity index (χ3v) is 0.913. The summed E-state index contributed by atoms with van der Waals surface area (Å²) in [5.41, 5.74) is 9.37. The van der Waals surface area contributed by atoms with Crippen LogP contribution in [0.4, 0.5) is 0 Å². The molecule has 0 aromatic carbocycles. The average molecular weight is 204 g/mol. The lowest BCUT2D eigenvalue weighted by Gasteiger charge is -1.99. The van der Waals surface area contributed by atoms with E-state index in [1.807, 2.05) is 0 Å². The van der Waals surface area contributed by atoms with E-state index < -0.39 is 30.3 Å². The molecule has 7 nitrogen and oxygen atoms in total. The monoisotopic (exact) mass is 204 g/mol. The Balaban J connectivity index is 0. The molecule has 0 unspecified atom stereocenters. The predicted molar refractivity (Wildman–Crippen MR) is 47.3 cm³/mol. The third kappa shape index (κ3) is 12.8. The van der Waals surface area contributed by atoms with E-state index >= 15 is 0 Å². The van der Waals surface area contributed by atoms with Crippen LogP contribution in [0.5, 0.6) is 0 Å². The van der Waals surface area contributed by atoms with Crippen molar-refractivity contribution in [1.82, 2.24) is 0 Å². The van der Waals surface area contributed by atoms with Crippen molar-refractivity contribution in [2.75, 3.05) is 0 Å². The van der Waals surface area contributed by atoms with Crippen LogP contribution in [0, 0.1) is 0 Å². The van der Waals surface area contributed by atoms with Gasteiger partial charge in [-0.3, -0.25) is 14.4 Å². The van der Waals surface area contributed by atoms with E-state index in [9.17, 15) is 14.4 Å². The number of aliphatic carboxylic acids is 2. The van der Waals surface area contributed by atoms with E-state index in [4.69, 9.17) is 15.9 Å². The Bertz CT molecular complexity index is 238. The van der Waals surface area contributed by atoms with Crippen molar-refractivity contribution in [1.29, 1.82) is 0 Å². The molecule has 0 bridgehead atoms. The summed E-state index contributed by atoms with van der Waals surface area (Å²) in [5, 5.41) is 16.0. The maximum Gasteiger partial charge on any atom is 0.321 e. The number of hydrogen-bond donors (Lipinski definition) is 4. The number of carboxylic acids is 2. The van der Waals surface area contributed by atoms with Gasteiger partial charge in [0.2, 0.25) is 5.91 Å². The number of carboxylic acid groups (broad SMARTS) is 2. The van der Waals surface area contributed by atoms with Gasteiger partial charge >= 0.3 is 11.9 Å². The maximum atomic E-state index is 9.85. The van der Waals surface area contributed by atoms with Gasteiger partial charge in [0.1, 0.15) is 6.04 Å². The minimum Gasteiger partial charge on any atom is -0.481 e. The van der Waals surface area contributed by atoms with Gasteiger partial charge < -0.3 is 21.7 Å². The first kappa shape index (κ1) is 14.6. The van der Waals surface area contributed by atoms with Crippen molar-refractivity contribution in [2.24, 2.45) is 11.5 Å². The number of hydrogen-bond acceptors (Lipinski definition) is 4. The largest absolute Gasteiger partial charge is 0.481 e. The second-order valence-corrected chi connectivity index (χ2v) is 2.15. The number of primary amides is 1. The Morgan fingerprint density at radius 1 is 1.36 bits per heavy atom. The van der Waals surface area contributed by atoms with E-state index in [-0.39, 0.29) is 0 Å². The van der Waals surface area contributed by atoms with Gasteiger partial charge in [-0.05, 0) is 6.08 Å². The van der Waals surface area contributed by atoms with E-state index in [0.717, 1.165) is 6.08 Å². The van der Waals surface area contributed by atoms with Crippen molar-refractivity contribution < 1.29 is 24.6 Å². The molecular weight excluding hydrogens is 192 g/mol. The van der Waals surface area contributed by atoms with Crippen molar-refractivity contribution in [2.45, 2.75) is 12.5 Å². The maximum absolute atomic E-state index is 9.85. The summed E-state index contributed by atoms with van der Waals surface area (Å²) in [7, 11) is 0. The molecule has 1 atom stereocenters. The fourth-order valence-corrected chi connectivity index (χ4v) is 0.275. The number of rotatable bonds is 4. The Labute approximate surface area is 80.0 Å². The van der Waals surface area contributed by atoms with Gasteiger partial charge in [0.25, 0.3) is 0 Å². The Kier molecular flexibility index (Phi) is 8.09. The number of amides is 1. The van der Waals surface area contributed by atoms with Gasteiger partial charge in [-0.15, -0.1) is 0 Å². The Morgan fingerprint density at radius 2 is 1.71 bits per heavy atom. The Morgan fingerprint density at radius 3 is 1.79 bits per heavy atom. The number of carbonyl (C=O) groups is 3. The van der Waals surface area contributed by atoms with Crippen LogP contribution in [0.2, 0.25) is 0 Å². The second kappa shape index (κ2) is 7.74. The highest BCUT2D eigenvalue weighted by Gasteiger charge is 2.14. The normalized spacial score (nSPS) is 10.4. The molecule has 0 aliphatic rings. The molecule has 14 heavy (non-hydrogen) atoms. The second-order valence-electron chi connectivity index (χ2n) is 2.15. The molecule has 0 aromatic rings. The van der Waals surface area contributed by atoms with Crippen LogP contribution in [0.3, 0.4) is 0 Å². The summed E-state index contributed by atoms with van der Waals surface area (Å²) in [6, 6.07) is -1.29. The van der Waals surface area contributed by atoms with Crippen LogP contribution >= 0.6 is 0 Å². The molecule has 0 heterocycles. The van der Waals surface area contributed by atoms with Crippen LogP contribution in [0.25, 0.3) is 0 Å². The lowest BCUT2D eigenvalue weighted by Crippen LogP contribution is -2.32. The molecule has 1 amide bonds. The highest BCUT2D eigenvalue weighted by Crippen LogP contribution is 1.86. The summed E-state index contributed by atoms with van der Waals surface area (Å²) in [6.45, 7) is 3.09. The molecular formula is C7H12N2O5. The molecule has 0 aliphatic carbocycles. The minimum atomic E-state index is -1.29. The Hall–Kier alpha value is -1.89. The topological polar surface area (TPSA) is 144 Å². The minimum absolute atomic E-state index is 0.481. The molecule has 0 radical (unpaired) electrons. The molecule has 0 saturated heterocycles. The zero-order chi connectivity index (χ0) is 11.7. The third-order valence-electron chi connectivity index (χ3n) is 0.913. The fraction of sp³-hybridized carbons (Fsp3) is 0.286. The van der Waals surface area contributed by atoms with Crippen LogP contribution in [-0.4, -0.2) is 34.1 Å². The lowest BCUT2D eigenvalue weighted by molar-refractivity contribution is -0.144. The smallest absolute Gasteiger partial charge is 0.321 e. The van der Waals surface area contributed by atoms with E-state index in [0.29, 0.717) is 0 Å². The summed E-state index contributed by atoms with van der Waals surface area (Å²) in [4.78, 5) is 29.1. The van der Waals surface area contributed by atoms with Gasteiger partial charge in [0, 0.05) is 0 Å². The molecule has 0 spiro atoms. The first-order valence-electron chi connectivity index (χ1n) is 3.43. The SMILES string of the molecule is C=CC(N)=O.N[C@@H](CC(=O)O)C(=O)O. The van der Waals surface area contributed by atoms with E-state index in [2.05, 4.69) is 12.3 Å². The lowest BCUT2D eigenvalue weighted by atomic mass is 10.2. The molecule has 6 N–H and O–H groups in total. The van der Waals surface area contributed by atoms with Gasteiger partial charge in [-0.1, -0.05) is 6.58 Å². The van der Waals surface area contributed by atoms with Gasteiger partial charge in [-0.25, -0.2) is 0 Å². The number of nitrogens with two attached hydrogens (primary N) is 2. The van der Waals surface area contributed by atoms with Gasteiger partial charge in [0.15, 0.2) is 0 Å². The first-order chi connectivity index (χ1) is 6.31. The standard InChI is InChI=1S/C4H7NO4.C3H5NO/c5-2(4(8)9)1-3(6)7;1-2-3(4)5/h2H,1,5H2,(H,6,7)(H,8,9);2H,1H2,(H2,4,5)/t2-;/m0./s1. The van der Waals surface area contributed by atoms with Crippen molar-refractivity contribution in [3.05, 3.63) is 12.7 Å². The summed E-state index contributed by atoms with van der Waals surface area (Å²) in [5.74, 6) is -2.98. The molecule has 0 aliphatic heterocycles. The molecule has 80 valence electrons. The first-order valence-corrected chi connectivity index (χ1v) is 3.43. The molecule has 0 aromatic heterocycles. The van der Waals surface area contributed by atoms with Crippen LogP contribution in [-0.2, 0) is 14.4 Å². The average Bonchev–Trinajstić information content (AvgIpc) is 2.04. The van der Waals surface area contributed by atoms with Crippen LogP contribution < -0.4 is 11.5 Å². The molecule has 0 rings (SSSR count). The zero-order valence-corrected chi connectivity index (χ0v) is 7.34. The molecule has 0 fully saturated rings. The van der Waals surface area contributed by atoms with Crippen LogP contribution in [0.15, 0.2) is 12.7 Å². The van der Waals surface area contributed by atoms with Crippen molar-refractivity contribution in [3.8, 4) is 0 Å². The van der Waals surface area contributed by atoms with Gasteiger partial charge in [0.05, 0.1) is 6.42 Å². The number of carbonyl (C=O) groups excluding carboxylic acids is 1. The summed E-state index contributed by atoms with van der Waals surface area (Å²) < 4.78 is 0. The predicted octanol–water partition coefficient (Wildman–Crippen LogP) is -1.47. The van der Waals surface area contributed by atoms with E-state index in [1.54, 1.807) is 0 Å². The van der Waals surface area contributed by atoms with Crippen LogP contribution in [0.1, 0.15) is 6.42 Å². The quantitative estimate of drug-likeness (QED) is 0.411. The fourth-order valence-electron chi connectivity index (χ4n) is 0.275. The molecule has 7 heteroatoms. The molecule has 0 saturated carbocycles. The summed E-state index contributed by atoms with van der Waals surface area (Å²) >= 11 is 0. The van der Waals surface area contributed by atoms with Crippen molar-refractivity contribution >= 4 is 17.8 Å². The highest BCUT2D eigenvalue weighted by molar-refractivity contribution is 5.85.